The molecular formula is C12H21NO3. The van der Waals surface area contributed by atoms with Crippen LogP contribution in [0, 0.1) is 0 Å². The number of hydrogen-bond donors (Lipinski definition) is 1. The van der Waals surface area contributed by atoms with E-state index in [0.29, 0.717) is 6.61 Å². The summed E-state index contributed by atoms with van der Waals surface area (Å²) in [5, 5.41) is 9.34. The van der Waals surface area contributed by atoms with Crippen LogP contribution in [0.3, 0.4) is 0 Å². The highest BCUT2D eigenvalue weighted by Crippen LogP contribution is 2.21. The van der Waals surface area contributed by atoms with Crippen LogP contribution in [0.4, 0.5) is 0 Å². The number of amides is 1. The second-order valence-corrected chi connectivity index (χ2v) is 4.72. The van der Waals surface area contributed by atoms with Gasteiger partial charge in [-0.2, -0.15) is 0 Å². The van der Waals surface area contributed by atoms with Crippen molar-refractivity contribution in [1.29, 1.82) is 0 Å². The Balaban J connectivity index is 2.00. The molecule has 0 aromatic rings. The van der Waals surface area contributed by atoms with Crippen LogP contribution in [0.2, 0.25) is 0 Å². The molecule has 92 valence electrons. The SMILES string of the molecule is O=C([C@H]1CCCO1)N1CCCCCC1CO. The summed E-state index contributed by atoms with van der Waals surface area (Å²) in [4.78, 5) is 14.1. The van der Waals surface area contributed by atoms with Crippen LogP contribution in [0.25, 0.3) is 0 Å². The molecule has 2 fully saturated rings. The van der Waals surface area contributed by atoms with Crippen molar-refractivity contribution in [2.75, 3.05) is 19.8 Å². The van der Waals surface area contributed by atoms with E-state index in [-0.39, 0.29) is 24.7 Å². The first kappa shape index (κ1) is 11.9. The number of rotatable bonds is 2. The van der Waals surface area contributed by atoms with E-state index in [1.165, 1.54) is 0 Å². The Morgan fingerprint density at radius 2 is 2.12 bits per heavy atom. The first-order valence-corrected chi connectivity index (χ1v) is 6.36. The van der Waals surface area contributed by atoms with Crippen LogP contribution >= 0.6 is 0 Å². The molecule has 2 saturated heterocycles. The third-order valence-corrected chi connectivity index (χ3v) is 3.58. The zero-order chi connectivity index (χ0) is 11.4. The van der Waals surface area contributed by atoms with E-state index in [1.807, 2.05) is 4.90 Å². The average Bonchev–Trinajstić information content (AvgIpc) is 2.73. The molecule has 2 heterocycles. The van der Waals surface area contributed by atoms with Gasteiger partial charge < -0.3 is 14.7 Å². The van der Waals surface area contributed by atoms with Gasteiger partial charge in [0.05, 0.1) is 12.6 Å². The highest BCUT2D eigenvalue weighted by Gasteiger charge is 2.32. The van der Waals surface area contributed by atoms with Gasteiger partial charge in [-0.1, -0.05) is 12.8 Å². The Morgan fingerprint density at radius 1 is 1.25 bits per heavy atom. The van der Waals surface area contributed by atoms with Gasteiger partial charge in [0.2, 0.25) is 0 Å². The highest BCUT2D eigenvalue weighted by molar-refractivity contribution is 5.81. The molecule has 2 aliphatic heterocycles. The summed E-state index contributed by atoms with van der Waals surface area (Å²) in [6.07, 6.45) is 5.82. The first-order chi connectivity index (χ1) is 7.83. The fraction of sp³-hybridized carbons (Fsp3) is 0.917. The maximum absolute atomic E-state index is 12.2. The van der Waals surface area contributed by atoms with Crippen molar-refractivity contribution < 1.29 is 14.6 Å². The Morgan fingerprint density at radius 3 is 2.81 bits per heavy atom. The summed E-state index contributed by atoms with van der Waals surface area (Å²) in [7, 11) is 0. The van der Waals surface area contributed by atoms with Crippen LogP contribution in [-0.4, -0.2) is 47.8 Å². The molecule has 0 saturated carbocycles. The number of carbonyl (C=O) groups is 1. The second kappa shape index (κ2) is 5.64. The lowest BCUT2D eigenvalue weighted by Gasteiger charge is -2.30. The summed E-state index contributed by atoms with van der Waals surface area (Å²) < 4.78 is 5.43. The fourth-order valence-electron chi connectivity index (χ4n) is 2.61. The molecule has 1 unspecified atom stereocenters. The molecule has 2 aliphatic rings. The molecule has 2 rings (SSSR count). The van der Waals surface area contributed by atoms with Gasteiger partial charge in [-0.3, -0.25) is 4.79 Å². The summed E-state index contributed by atoms with van der Waals surface area (Å²) in [6.45, 7) is 1.57. The number of nitrogens with zero attached hydrogens (tertiary/aromatic N) is 1. The van der Waals surface area contributed by atoms with Crippen LogP contribution in [0.1, 0.15) is 38.5 Å². The smallest absolute Gasteiger partial charge is 0.252 e. The van der Waals surface area contributed by atoms with Crippen LogP contribution in [0.5, 0.6) is 0 Å². The van der Waals surface area contributed by atoms with E-state index in [2.05, 4.69) is 0 Å². The summed E-state index contributed by atoms with van der Waals surface area (Å²) in [6, 6.07) is 0.0131. The topological polar surface area (TPSA) is 49.8 Å². The second-order valence-electron chi connectivity index (χ2n) is 4.72. The molecule has 1 N–H and O–H groups in total. The molecule has 0 aromatic heterocycles. The van der Waals surface area contributed by atoms with E-state index in [4.69, 9.17) is 4.74 Å². The van der Waals surface area contributed by atoms with Gasteiger partial charge in [0.1, 0.15) is 6.10 Å². The Labute approximate surface area is 96.6 Å². The normalized spacial score (nSPS) is 31.4. The van der Waals surface area contributed by atoms with Crippen LogP contribution in [0.15, 0.2) is 0 Å². The molecule has 0 bridgehead atoms. The number of likely N-dealkylation sites (tertiary alicyclic amines) is 1. The van der Waals surface area contributed by atoms with Crippen molar-refractivity contribution in [3.05, 3.63) is 0 Å². The summed E-state index contributed by atoms with van der Waals surface area (Å²) in [5.41, 5.74) is 0. The number of carbonyl (C=O) groups excluding carboxylic acids is 1. The average molecular weight is 227 g/mol. The predicted octanol–water partition coefficient (Wildman–Crippen LogP) is 0.929. The maximum atomic E-state index is 12.2. The Bertz CT molecular complexity index is 238. The van der Waals surface area contributed by atoms with Gasteiger partial charge in [0, 0.05) is 13.2 Å². The zero-order valence-electron chi connectivity index (χ0n) is 9.73. The Kier molecular flexibility index (Phi) is 4.18. The van der Waals surface area contributed by atoms with Gasteiger partial charge in [0.25, 0.3) is 5.91 Å². The highest BCUT2D eigenvalue weighted by atomic mass is 16.5. The van der Waals surface area contributed by atoms with Crippen molar-refractivity contribution >= 4 is 5.91 Å². The number of aliphatic hydroxyl groups excluding tert-OH is 1. The minimum absolute atomic E-state index is 0.0131. The van der Waals surface area contributed by atoms with E-state index in [1.54, 1.807) is 0 Å². The molecular weight excluding hydrogens is 206 g/mol. The summed E-state index contributed by atoms with van der Waals surface area (Å²) in [5.74, 6) is 0.0958. The monoisotopic (exact) mass is 227 g/mol. The van der Waals surface area contributed by atoms with Gasteiger partial charge in [-0.15, -0.1) is 0 Å². The maximum Gasteiger partial charge on any atom is 0.252 e. The lowest BCUT2D eigenvalue weighted by atomic mass is 10.1. The third-order valence-electron chi connectivity index (χ3n) is 3.58. The van der Waals surface area contributed by atoms with E-state index in [0.717, 1.165) is 45.1 Å². The quantitative estimate of drug-likeness (QED) is 0.763. The van der Waals surface area contributed by atoms with Gasteiger partial charge in [0.15, 0.2) is 0 Å². The third kappa shape index (κ3) is 2.55. The largest absolute Gasteiger partial charge is 0.394 e. The summed E-state index contributed by atoms with van der Waals surface area (Å²) >= 11 is 0. The zero-order valence-corrected chi connectivity index (χ0v) is 9.73. The standard InChI is InChI=1S/C12H21NO3/c14-9-10-5-2-1-3-7-13(10)12(15)11-6-4-8-16-11/h10-11,14H,1-9H2/t10?,11-/m1/s1. The fourth-order valence-corrected chi connectivity index (χ4v) is 2.61. The molecule has 0 spiro atoms. The predicted molar refractivity (Wildman–Crippen MR) is 60.0 cm³/mol. The number of aliphatic hydroxyl groups is 1. The van der Waals surface area contributed by atoms with E-state index in [9.17, 15) is 9.90 Å². The Hall–Kier alpha value is -0.610. The van der Waals surface area contributed by atoms with Crippen molar-refractivity contribution in [3.8, 4) is 0 Å². The van der Waals surface area contributed by atoms with Crippen molar-refractivity contribution in [2.24, 2.45) is 0 Å². The molecule has 4 nitrogen and oxygen atoms in total. The van der Waals surface area contributed by atoms with Crippen molar-refractivity contribution in [2.45, 2.75) is 50.7 Å². The molecule has 0 radical (unpaired) electrons. The molecule has 0 aromatic carbocycles. The minimum atomic E-state index is -0.243. The number of hydrogen-bond acceptors (Lipinski definition) is 3. The van der Waals surface area contributed by atoms with Gasteiger partial charge in [-0.05, 0) is 25.7 Å². The first-order valence-electron chi connectivity index (χ1n) is 6.36. The van der Waals surface area contributed by atoms with Crippen molar-refractivity contribution in [1.82, 2.24) is 4.90 Å². The van der Waals surface area contributed by atoms with E-state index < -0.39 is 0 Å². The van der Waals surface area contributed by atoms with Crippen LogP contribution < -0.4 is 0 Å². The lowest BCUT2D eigenvalue weighted by molar-refractivity contribution is -0.144. The van der Waals surface area contributed by atoms with Crippen molar-refractivity contribution in [3.63, 3.8) is 0 Å². The number of ether oxygens (including phenoxy) is 1. The molecule has 16 heavy (non-hydrogen) atoms. The van der Waals surface area contributed by atoms with E-state index >= 15 is 0 Å². The molecule has 4 heteroatoms. The van der Waals surface area contributed by atoms with Crippen LogP contribution in [-0.2, 0) is 9.53 Å². The molecule has 1 amide bonds. The molecule has 2 atom stereocenters. The van der Waals surface area contributed by atoms with Gasteiger partial charge in [-0.25, -0.2) is 0 Å². The molecule has 0 aliphatic carbocycles. The van der Waals surface area contributed by atoms with Gasteiger partial charge >= 0.3 is 0 Å². The minimum Gasteiger partial charge on any atom is -0.394 e. The lowest BCUT2D eigenvalue weighted by Crippen LogP contribution is -2.46.